The summed E-state index contributed by atoms with van der Waals surface area (Å²) in [5.41, 5.74) is 2.45. The first-order chi connectivity index (χ1) is 24.2. The van der Waals surface area contributed by atoms with E-state index in [0.29, 0.717) is 54.6 Å². The van der Waals surface area contributed by atoms with Gasteiger partial charge in [-0.3, -0.25) is 0 Å². The first-order valence-electron chi connectivity index (χ1n) is 17.5. The highest BCUT2D eigenvalue weighted by atomic mass is 32.2. The van der Waals surface area contributed by atoms with E-state index in [1.807, 2.05) is 19.2 Å². The Hall–Kier alpha value is -3.76. The van der Waals surface area contributed by atoms with E-state index < -0.39 is 10.0 Å². The third-order valence-electron chi connectivity index (χ3n) is 10.3. The van der Waals surface area contributed by atoms with Crippen LogP contribution in [0, 0.1) is 0 Å². The van der Waals surface area contributed by atoms with E-state index in [1.54, 1.807) is 42.0 Å². The molecule has 268 valence electrons. The second-order valence-electron chi connectivity index (χ2n) is 13.5. The van der Waals surface area contributed by atoms with Crippen LogP contribution in [0.15, 0.2) is 47.6 Å². The lowest BCUT2D eigenvalue weighted by atomic mass is 10.1. The number of thiocarbonyl (C=S) groups is 1. The Labute approximate surface area is 299 Å². The van der Waals surface area contributed by atoms with Crippen molar-refractivity contribution in [1.82, 2.24) is 34.0 Å². The van der Waals surface area contributed by atoms with E-state index >= 15 is 0 Å². The number of likely N-dealkylation sites (tertiary alicyclic amines) is 1. The number of aromatic amines is 1. The van der Waals surface area contributed by atoms with Crippen molar-refractivity contribution in [3.63, 3.8) is 0 Å². The molecule has 7 rings (SSSR count). The Balaban J connectivity index is 0.982. The summed E-state index contributed by atoms with van der Waals surface area (Å²) in [5.74, 6) is 2.28. The highest BCUT2D eigenvalue weighted by Gasteiger charge is 2.28. The standard InChI is InChI=1S/C35H47N9O4S2/c1-25-6-4-11-41(25)12-5-21-48-31-23-29-28(22-30(31)47-3)32-33(39-29)36-24-37-34(32)42-15-17-43(18-16-42)35(49)38-26-7-9-27(10-8-26)50(45,46)44-19-13-40(2)14-20-44/h7-10,22-25H,4-6,11-21H2,1-3H3,(H,38,49)(H,36,37,39). The van der Waals surface area contributed by atoms with Gasteiger partial charge >= 0.3 is 0 Å². The van der Waals surface area contributed by atoms with Gasteiger partial charge in [0, 0.05) is 82.1 Å². The SMILES string of the molecule is COc1cc2c(cc1OCCCN1CCCC1C)[nH]c1ncnc(N3CCN(C(=S)Nc4ccc(S(=O)(=O)N5CCN(C)CC5)cc4)CC3)c12. The van der Waals surface area contributed by atoms with Crippen LogP contribution in [0.1, 0.15) is 26.2 Å². The summed E-state index contributed by atoms with van der Waals surface area (Å²) < 4.78 is 39.8. The molecule has 0 aliphatic carbocycles. The second-order valence-corrected chi connectivity index (χ2v) is 15.8. The quantitative estimate of drug-likeness (QED) is 0.183. The third kappa shape index (κ3) is 7.19. The molecule has 2 aromatic carbocycles. The molecule has 5 heterocycles. The fourth-order valence-electron chi connectivity index (χ4n) is 7.22. The number of aromatic nitrogens is 3. The summed E-state index contributed by atoms with van der Waals surface area (Å²) in [7, 11) is 0.158. The van der Waals surface area contributed by atoms with Crippen LogP contribution >= 0.6 is 12.2 Å². The summed E-state index contributed by atoms with van der Waals surface area (Å²) in [6, 6.07) is 11.5. The number of H-pyrrole nitrogens is 1. The number of nitrogens with zero attached hydrogens (tertiary/aromatic N) is 7. The molecular weight excluding hydrogens is 675 g/mol. The highest BCUT2D eigenvalue weighted by molar-refractivity contribution is 7.89. The largest absolute Gasteiger partial charge is 0.493 e. The molecule has 4 aromatic rings. The maximum atomic E-state index is 13.1. The van der Waals surface area contributed by atoms with Crippen molar-refractivity contribution in [3.8, 4) is 11.5 Å². The van der Waals surface area contributed by atoms with E-state index in [9.17, 15) is 8.42 Å². The maximum absolute atomic E-state index is 13.1. The lowest BCUT2D eigenvalue weighted by Crippen LogP contribution is -2.50. The van der Waals surface area contributed by atoms with Gasteiger partial charge in [-0.05, 0) is 82.3 Å². The van der Waals surface area contributed by atoms with Crippen LogP contribution in [0.5, 0.6) is 11.5 Å². The number of rotatable bonds is 10. The topological polar surface area (TPSA) is 122 Å². The van der Waals surface area contributed by atoms with Crippen molar-refractivity contribution in [1.29, 1.82) is 0 Å². The average Bonchev–Trinajstić information content (AvgIpc) is 3.72. The van der Waals surface area contributed by atoms with Crippen LogP contribution in [0.3, 0.4) is 0 Å². The molecule has 0 bridgehead atoms. The molecule has 0 radical (unpaired) electrons. The molecule has 2 aromatic heterocycles. The molecular formula is C35H47N9O4S2. The molecule has 15 heteroatoms. The smallest absolute Gasteiger partial charge is 0.243 e. The number of hydrogen-bond donors (Lipinski definition) is 2. The van der Waals surface area contributed by atoms with Gasteiger partial charge in [-0.1, -0.05) is 0 Å². The predicted molar refractivity (Wildman–Crippen MR) is 201 cm³/mol. The Morgan fingerprint density at radius 1 is 1.00 bits per heavy atom. The molecule has 1 unspecified atom stereocenters. The van der Waals surface area contributed by atoms with Crippen molar-refractivity contribution in [2.45, 2.75) is 37.1 Å². The minimum absolute atomic E-state index is 0.296. The number of anilines is 2. The third-order valence-corrected chi connectivity index (χ3v) is 12.5. The lowest BCUT2D eigenvalue weighted by Gasteiger charge is -2.37. The number of nitrogens with one attached hydrogen (secondary N) is 2. The van der Waals surface area contributed by atoms with Gasteiger partial charge in [0.25, 0.3) is 0 Å². The molecule has 3 fully saturated rings. The molecule has 13 nitrogen and oxygen atoms in total. The van der Waals surface area contributed by atoms with Gasteiger partial charge in [-0.25, -0.2) is 18.4 Å². The molecule has 0 saturated carbocycles. The molecule has 2 N–H and O–H groups in total. The zero-order valence-corrected chi connectivity index (χ0v) is 30.7. The van der Waals surface area contributed by atoms with Gasteiger partial charge < -0.3 is 39.4 Å². The first-order valence-corrected chi connectivity index (χ1v) is 19.4. The zero-order valence-electron chi connectivity index (χ0n) is 29.1. The van der Waals surface area contributed by atoms with Gasteiger partial charge in [0.1, 0.15) is 17.8 Å². The zero-order chi connectivity index (χ0) is 34.8. The Bertz CT molecular complexity index is 1920. The van der Waals surface area contributed by atoms with Crippen molar-refractivity contribution >= 4 is 60.8 Å². The van der Waals surface area contributed by atoms with Crippen molar-refractivity contribution in [3.05, 3.63) is 42.7 Å². The number of piperazine rings is 2. The van der Waals surface area contributed by atoms with Crippen LogP contribution < -0.4 is 19.7 Å². The van der Waals surface area contributed by atoms with Gasteiger partial charge in [0.05, 0.1) is 29.5 Å². The molecule has 0 spiro atoms. The van der Waals surface area contributed by atoms with Gasteiger partial charge in [0.2, 0.25) is 10.0 Å². The number of benzene rings is 2. The minimum Gasteiger partial charge on any atom is -0.493 e. The van der Waals surface area contributed by atoms with Crippen LogP contribution in [-0.4, -0.2) is 140 Å². The number of sulfonamides is 1. The lowest BCUT2D eigenvalue weighted by molar-refractivity contribution is 0.222. The molecule has 0 amide bonds. The number of hydrogen-bond acceptors (Lipinski definition) is 10. The average molecular weight is 722 g/mol. The Kier molecular flexibility index (Phi) is 10.3. The molecule has 3 aliphatic rings. The van der Waals surface area contributed by atoms with E-state index in [0.717, 1.165) is 78.3 Å². The minimum atomic E-state index is -3.52. The fraction of sp³-hybridized carbons (Fsp3) is 0.514. The van der Waals surface area contributed by atoms with Crippen molar-refractivity contribution < 1.29 is 17.9 Å². The number of fused-ring (bicyclic) bond motifs is 3. The van der Waals surface area contributed by atoms with Crippen molar-refractivity contribution in [2.24, 2.45) is 0 Å². The second kappa shape index (κ2) is 14.8. The summed E-state index contributed by atoms with van der Waals surface area (Å²) >= 11 is 5.77. The van der Waals surface area contributed by atoms with Crippen LogP contribution in [0.4, 0.5) is 11.5 Å². The predicted octanol–water partition coefficient (Wildman–Crippen LogP) is 3.83. The van der Waals surface area contributed by atoms with Crippen LogP contribution in [0.2, 0.25) is 0 Å². The summed E-state index contributed by atoms with van der Waals surface area (Å²) in [6.07, 6.45) is 5.13. The molecule has 50 heavy (non-hydrogen) atoms. The van der Waals surface area contributed by atoms with E-state index in [1.165, 1.54) is 19.4 Å². The van der Waals surface area contributed by atoms with Gasteiger partial charge in [-0.2, -0.15) is 4.31 Å². The Morgan fingerprint density at radius 3 is 2.46 bits per heavy atom. The Morgan fingerprint density at radius 2 is 1.76 bits per heavy atom. The van der Waals surface area contributed by atoms with E-state index in [2.05, 4.69) is 41.8 Å². The van der Waals surface area contributed by atoms with Gasteiger partial charge in [-0.15, -0.1) is 0 Å². The maximum Gasteiger partial charge on any atom is 0.243 e. The summed E-state index contributed by atoms with van der Waals surface area (Å²) in [6.45, 7) is 10.4. The number of likely N-dealkylation sites (N-methyl/N-ethyl adjacent to an activating group) is 1. The summed E-state index contributed by atoms with van der Waals surface area (Å²) in [5, 5.41) is 5.84. The first kappa shape index (κ1) is 34.7. The fourth-order valence-corrected chi connectivity index (χ4v) is 8.94. The summed E-state index contributed by atoms with van der Waals surface area (Å²) in [4.78, 5) is 22.1. The molecule has 3 aliphatic heterocycles. The van der Waals surface area contributed by atoms with Crippen LogP contribution in [-0.2, 0) is 10.0 Å². The van der Waals surface area contributed by atoms with E-state index in [-0.39, 0.29) is 0 Å². The van der Waals surface area contributed by atoms with Crippen LogP contribution in [0.25, 0.3) is 21.9 Å². The molecule has 3 saturated heterocycles. The number of methoxy groups -OCH3 is 1. The monoisotopic (exact) mass is 721 g/mol. The van der Waals surface area contributed by atoms with Gasteiger partial charge in [0.15, 0.2) is 16.6 Å². The van der Waals surface area contributed by atoms with E-state index in [4.69, 9.17) is 26.7 Å². The normalized spacial score (nSPS) is 19.8. The molecule has 1 atom stereocenters. The van der Waals surface area contributed by atoms with Crippen molar-refractivity contribution in [2.75, 3.05) is 96.4 Å². The number of ether oxygens (including phenoxy) is 2. The highest BCUT2D eigenvalue weighted by Crippen LogP contribution is 2.38.